The number of carboxylic acids is 1. The van der Waals surface area contributed by atoms with Crippen molar-refractivity contribution in [2.75, 3.05) is 20.1 Å². The van der Waals surface area contributed by atoms with Crippen molar-refractivity contribution in [2.24, 2.45) is 5.73 Å². The largest absolute Gasteiger partial charge is 0.480 e. The number of carbonyl (C=O) groups is 2. The summed E-state index contributed by atoms with van der Waals surface area (Å²) in [4.78, 5) is 20.8. The van der Waals surface area contributed by atoms with E-state index in [1.165, 1.54) is 7.05 Å². The minimum atomic E-state index is -1.08. The third-order valence-corrected chi connectivity index (χ3v) is 1.25. The van der Waals surface area contributed by atoms with E-state index in [1.54, 1.807) is 0 Å². The van der Waals surface area contributed by atoms with Crippen LogP contribution in [-0.4, -0.2) is 43.2 Å². The van der Waals surface area contributed by atoms with E-state index in [0.717, 1.165) is 0 Å². The number of nitrogens with two attached hydrogens (primary N) is 1. The molecule has 1 unspecified atom stereocenters. The van der Waals surface area contributed by atoms with Crippen molar-refractivity contribution in [1.29, 1.82) is 0 Å². The molecule has 0 heterocycles. The van der Waals surface area contributed by atoms with Crippen LogP contribution in [0.4, 0.5) is 0 Å². The molecule has 5 N–H and O–H groups in total. The van der Waals surface area contributed by atoms with Gasteiger partial charge in [0.15, 0.2) is 0 Å². The molecule has 6 nitrogen and oxygen atoms in total. The molecule has 0 radical (unpaired) electrons. The van der Waals surface area contributed by atoms with Gasteiger partial charge in [-0.25, -0.2) is 0 Å². The number of hydrogen-bond donors (Lipinski definition) is 4. The minimum absolute atomic E-state index is 0.0808. The first-order chi connectivity index (χ1) is 5.57. The van der Waals surface area contributed by atoms with Gasteiger partial charge in [-0.2, -0.15) is 0 Å². The van der Waals surface area contributed by atoms with Gasteiger partial charge in [-0.15, -0.1) is 0 Å². The van der Waals surface area contributed by atoms with Gasteiger partial charge >= 0.3 is 5.97 Å². The van der Waals surface area contributed by atoms with Crippen LogP contribution < -0.4 is 16.4 Å². The number of amides is 1. The maximum atomic E-state index is 10.6. The van der Waals surface area contributed by atoms with Gasteiger partial charge in [0.25, 0.3) is 0 Å². The zero-order valence-corrected chi connectivity index (χ0v) is 6.83. The van der Waals surface area contributed by atoms with Gasteiger partial charge in [-0.1, -0.05) is 0 Å². The highest BCUT2D eigenvalue weighted by molar-refractivity contribution is 5.78. The minimum Gasteiger partial charge on any atom is -0.480 e. The van der Waals surface area contributed by atoms with Gasteiger partial charge in [0.05, 0.1) is 6.54 Å². The van der Waals surface area contributed by atoms with Crippen LogP contribution in [-0.2, 0) is 9.59 Å². The Morgan fingerprint density at radius 3 is 2.58 bits per heavy atom. The van der Waals surface area contributed by atoms with Crippen LogP contribution in [0.15, 0.2) is 0 Å². The lowest BCUT2D eigenvalue weighted by atomic mass is 10.3. The molecule has 0 fully saturated rings. The molecule has 0 aromatic rings. The zero-order chi connectivity index (χ0) is 9.56. The van der Waals surface area contributed by atoms with Crippen LogP contribution in [0.25, 0.3) is 0 Å². The van der Waals surface area contributed by atoms with Crippen LogP contribution in [0.2, 0.25) is 0 Å². The Morgan fingerprint density at radius 1 is 1.58 bits per heavy atom. The second-order valence-corrected chi connectivity index (χ2v) is 2.25. The van der Waals surface area contributed by atoms with E-state index in [-0.39, 0.29) is 19.0 Å². The van der Waals surface area contributed by atoms with Gasteiger partial charge in [0.1, 0.15) is 6.04 Å². The Morgan fingerprint density at radius 2 is 2.17 bits per heavy atom. The van der Waals surface area contributed by atoms with Crippen molar-refractivity contribution in [1.82, 2.24) is 10.6 Å². The molecule has 0 aliphatic carbocycles. The zero-order valence-electron chi connectivity index (χ0n) is 6.83. The molecule has 0 spiro atoms. The maximum Gasteiger partial charge on any atom is 0.321 e. The van der Waals surface area contributed by atoms with E-state index in [4.69, 9.17) is 10.8 Å². The SMILES string of the molecule is CNC(=O)CNCC(N)C(=O)O. The number of carboxylic acid groups (broad SMARTS) is 1. The first-order valence-electron chi connectivity index (χ1n) is 3.47. The number of hydrogen-bond acceptors (Lipinski definition) is 4. The first kappa shape index (κ1) is 10.9. The summed E-state index contributed by atoms with van der Waals surface area (Å²) < 4.78 is 0. The second kappa shape index (κ2) is 5.50. The smallest absolute Gasteiger partial charge is 0.321 e. The molecular formula is C6H13N3O3. The van der Waals surface area contributed by atoms with Crippen LogP contribution >= 0.6 is 0 Å². The molecule has 0 aromatic carbocycles. The summed E-state index contributed by atoms with van der Waals surface area (Å²) in [5.41, 5.74) is 5.15. The fourth-order valence-corrected chi connectivity index (χ4v) is 0.517. The number of likely N-dealkylation sites (N-methyl/N-ethyl adjacent to an activating group) is 1. The Labute approximate surface area is 70.1 Å². The average molecular weight is 175 g/mol. The molecule has 6 heteroatoms. The molecule has 70 valence electrons. The standard InChI is InChI=1S/C6H13N3O3/c1-8-5(10)3-9-2-4(7)6(11)12/h4,9H,2-3,7H2,1H3,(H,8,10)(H,11,12). The predicted molar refractivity (Wildman–Crippen MR) is 42.5 cm³/mol. The summed E-state index contributed by atoms with van der Waals surface area (Å²) in [7, 11) is 1.50. The normalized spacial score (nSPS) is 12.2. The van der Waals surface area contributed by atoms with Gasteiger partial charge in [0, 0.05) is 13.6 Å². The van der Waals surface area contributed by atoms with Gasteiger partial charge < -0.3 is 21.5 Å². The lowest BCUT2D eigenvalue weighted by Gasteiger charge is -2.06. The molecule has 0 saturated heterocycles. The Hall–Kier alpha value is -1.14. The van der Waals surface area contributed by atoms with Crippen molar-refractivity contribution in [3.8, 4) is 0 Å². The highest BCUT2D eigenvalue weighted by Crippen LogP contribution is 1.74. The van der Waals surface area contributed by atoms with E-state index in [0.29, 0.717) is 0 Å². The average Bonchev–Trinajstić information content (AvgIpc) is 2.03. The molecule has 1 atom stereocenters. The summed E-state index contributed by atoms with van der Waals surface area (Å²) in [6.07, 6.45) is 0. The summed E-state index contributed by atoms with van der Waals surface area (Å²) in [5, 5.41) is 13.3. The molecule has 0 rings (SSSR count). The summed E-state index contributed by atoms with van der Waals surface area (Å²) in [5.74, 6) is -1.29. The molecular weight excluding hydrogens is 162 g/mol. The molecule has 0 aliphatic heterocycles. The third-order valence-electron chi connectivity index (χ3n) is 1.25. The van der Waals surface area contributed by atoms with E-state index >= 15 is 0 Å². The van der Waals surface area contributed by atoms with Crippen molar-refractivity contribution >= 4 is 11.9 Å². The van der Waals surface area contributed by atoms with Crippen molar-refractivity contribution < 1.29 is 14.7 Å². The third kappa shape index (κ3) is 4.64. The molecule has 1 amide bonds. The van der Waals surface area contributed by atoms with E-state index in [9.17, 15) is 9.59 Å². The second-order valence-electron chi connectivity index (χ2n) is 2.25. The van der Waals surface area contributed by atoms with Crippen LogP contribution in [0.5, 0.6) is 0 Å². The first-order valence-corrected chi connectivity index (χ1v) is 3.47. The van der Waals surface area contributed by atoms with Crippen molar-refractivity contribution in [2.45, 2.75) is 6.04 Å². The number of nitrogens with one attached hydrogen (secondary N) is 2. The van der Waals surface area contributed by atoms with E-state index < -0.39 is 12.0 Å². The van der Waals surface area contributed by atoms with Crippen LogP contribution in [0, 0.1) is 0 Å². The summed E-state index contributed by atoms with van der Waals surface area (Å²) in [6.45, 7) is 0.167. The van der Waals surface area contributed by atoms with Gasteiger partial charge in [0.2, 0.25) is 5.91 Å². The van der Waals surface area contributed by atoms with Crippen LogP contribution in [0.3, 0.4) is 0 Å². The topological polar surface area (TPSA) is 104 Å². The molecule has 0 saturated carbocycles. The Bertz CT molecular complexity index is 171. The summed E-state index contributed by atoms with van der Waals surface area (Å²) in [6, 6.07) is -0.963. The van der Waals surface area contributed by atoms with E-state index in [2.05, 4.69) is 10.6 Å². The fourth-order valence-electron chi connectivity index (χ4n) is 0.517. The lowest BCUT2D eigenvalue weighted by molar-refractivity contribution is -0.138. The van der Waals surface area contributed by atoms with Crippen molar-refractivity contribution in [3.63, 3.8) is 0 Å². The quantitative estimate of drug-likeness (QED) is 0.377. The predicted octanol–water partition coefficient (Wildman–Crippen LogP) is -2.27. The molecule has 0 aromatic heterocycles. The van der Waals surface area contributed by atoms with Crippen LogP contribution in [0.1, 0.15) is 0 Å². The maximum absolute atomic E-state index is 10.6. The van der Waals surface area contributed by atoms with Gasteiger partial charge in [-0.3, -0.25) is 9.59 Å². The molecule has 12 heavy (non-hydrogen) atoms. The number of rotatable bonds is 5. The van der Waals surface area contributed by atoms with Gasteiger partial charge in [-0.05, 0) is 0 Å². The number of aliphatic carboxylic acids is 1. The monoisotopic (exact) mass is 175 g/mol. The Balaban J connectivity index is 3.43. The fraction of sp³-hybridized carbons (Fsp3) is 0.667. The van der Waals surface area contributed by atoms with Crippen molar-refractivity contribution in [3.05, 3.63) is 0 Å². The highest BCUT2D eigenvalue weighted by Gasteiger charge is 2.10. The molecule has 0 bridgehead atoms. The summed E-state index contributed by atoms with van der Waals surface area (Å²) >= 11 is 0. The number of carbonyl (C=O) groups excluding carboxylic acids is 1. The lowest BCUT2D eigenvalue weighted by Crippen LogP contribution is -2.43. The highest BCUT2D eigenvalue weighted by atomic mass is 16.4. The van der Waals surface area contributed by atoms with E-state index in [1.807, 2.05) is 0 Å². The molecule has 0 aliphatic rings. The Kier molecular flexibility index (Phi) is 4.98.